The van der Waals surface area contributed by atoms with E-state index in [0.717, 1.165) is 0 Å². The first-order valence-corrected chi connectivity index (χ1v) is 6.89. The minimum absolute atomic E-state index is 0.160. The normalized spacial score (nSPS) is 11.9. The smallest absolute Gasteiger partial charge is 0.337 e. The van der Waals surface area contributed by atoms with Gasteiger partial charge in [0.05, 0.1) is 6.61 Å². The van der Waals surface area contributed by atoms with Gasteiger partial charge in [0.25, 0.3) is 0 Å². The third-order valence-corrected chi connectivity index (χ3v) is 3.50. The van der Waals surface area contributed by atoms with Gasteiger partial charge in [0.1, 0.15) is 0 Å². The molecule has 0 aliphatic rings. The summed E-state index contributed by atoms with van der Waals surface area (Å²) >= 11 is 1.97. The number of esters is 1. The number of carbonyl (C=O) groups excluding carboxylic acids is 1. The van der Waals surface area contributed by atoms with Gasteiger partial charge in [-0.25, -0.2) is 4.79 Å². The molecule has 19 heavy (non-hydrogen) atoms. The third-order valence-electron chi connectivity index (χ3n) is 2.55. The molecule has 1 unspecified atom stereocenters. The van der Waals surface area contributed by atoms with Crippen LogP contribution in [0.5, 0.6) is 0 Å². The Bertz CT molecular complexity index is 472. The average molecular weight is 378 g/mol. The Morgan fingerprint density at radius 2 is 2.11 bits per heavy atom. The number of halogens is 1. The molecule has 1 atom stereocenters. The van der Waals surface area contributed by atoms with Crippen LogP contribution in [0.15, 0.2) is 18.2 Å². The largest absolute Gasteiger partial charge is 0.479 e. The molecule has 0 saturated heterocycles. The number of aliphatic carboxylic acids is 1. The van der Waals surface area contributed by atoms with Gasteiger partial charge in [0, 0.05) is 15.6 Å². The predicted octanol–water partition coefficient (Wildman–Crippen LogP) is 1.90. The maximum atomic E-state index is 11.3. The number of carboxylic acids is 1. The summed E-state index contributed by atoms with van der Waals surface area (Å²) in [7, 11) is 0. The van der Waals surface area contributed by atoms with Crippen molar-refractivity contribution in [2.75, 3.05) is 6.61 Å². The number of carbonyl (C=O) groups is 2. The fourth-order valence-corrected chi connectivity index (χ4v) is 2.55. The van der Waals surface area contributed by atoms with E-state index in [1.807, 2.05) is 22.6 Å². The van der Waals surface area contributed by atoms with E-state index in [-0.39, 0.29) is 12.4 Å². The molecule has 5 nitrogen and oxygen atoms in total. The molecule has 0 fully saturated rings. The van der Waals surface area contributed by atoms with Crippen LogP contribution in [0.2, 0.25) is 0 Å². The number of carboxylic acid groups (broad SMARTS) is 1. The Kier molecular flexibility index (Phi) is 6.23. The lowest BCUT2D eigenvalue weighted by atomic mass is 9.99. The van der Waals surface area contributed by atoms with Crippen LogP contribution in [0.25, 0.3) is 0 Å². The van der Waals surface area contributed by atoms with Gasteiger partial charge < -0.3 is 14.9 Å². The van der Waals surface area contributed by atoms with E-state index in [2.05, 4.69) is 0 Å². The molecule has 0 bridgehead atoms. The summed E-state index contributed by atoms with van der Waals surface area (Å²) in [5, 5.41) is 18.6. The van der Waals surface area contributed by atoms with Crippen LogP contribution in [0.1, 0.15) is 30.6 Å². The van der Waals surface area contributed by atoms with Crippen molar-refractivity contribution in [1.29, 1.82) is 0 Å². The quantitative estimate of drug-likeness (QED) is 0.584. The van der Waals surface area contributed by atoms with E-state index >= 15 is 0 Å². The van der Waals surface area contributed by atoms with E-state index in [4.69, 9.17) is 9.84 Å². The number of aliphatic hydroxyl groups excluding tert-OH is 1. The van der Waals surface area contributed by atoms with Gasteiger partial charge >= 0.3 is 11.9 Å². The lowest BCUT2D eigenvalue weighted by Gasteiger charge is -2.14. The fraction of sp³-hybridized carbons (Fsp3) is 0.385. The summed E-state index contributed by atoms with van der Waals surface area (Å²) in [5.41, 5.74) is 0.995. The summed E-state index contributed by atoms with van der Waals surface area (Å²) in [6.45, 7) is 2.04. The van der Waals surface area contributed by atoms with E-state index in [0.29, 0.717) is 27.7 Å². The zero-order valence-corrected chi connectivity index (χ0v) is 12.6. The number of hydrogen-bond donors (Lipinski definition) is 2. The van der Waals surface area contributed by atoms with Crippen LogP contribution in [0.3, 0.4) is 0 Å². The highest BCUT2D eigenvalue weighted by Crippen LogP contribution is 2.25. The van der Waals surface area contributed by atoms with Gasteiger partial charge in [0.2, 0.25) is 0 Å². The maximum Gasteiger partial charge on any atom is 0.337 e. The van der Waals surface area contributed by atoms with E-state index in [1.165, 1.54) is 0 Å². The van der Waals surface area contributed by atoms with Gasteiger partial charge in [-0.2, -0.15) is 0 Å². The van der Waals surface area contributed by atoms with E-state index in [1.54, 1.807) is 25.1 Å². The molecule has 0 aromatic heterocycles. The summed E-state index contributed by atoms with van der Waals surface area (Å²) in [5.74, 6) is -1.64. The van der Waals surface area contributed by atoms with Crippen molar-refractivity contribution in [3.63, 3.8) is 0 Å². The van der Waals surface area contributed by atoms with Crippen LogP contribution < -0.4 is 0 Å². The zero-order valence-electron chi connectivity index (χ0n) is 10.4. The zero-order chi connectivity index (χ0) is 14.4. The van der Waals surface area contributed by atoms with Crippen molar-refractivity contribution in [2.45, 2.75) is 25.9 Å². The van der Waals surface area contributed by atoms with Crippen molar-refractivity contribution in [1.82, 2.24) is 0 Å². The highest BCUT2D eigenvalue weighted by atomic mass is 127. The molecule has 0 aliphatic heterocycles. The molecule has 0 saturated carbocycles. The van der Waals surface area contributed by atoms with Gasteiger partial charge in [-0.3, -0.25) is 4.79 Å². The van der Waals surface area contributed by atoms with Crippen molar-refractivity contribution in [3.8, 4) is 0 Å². The Morgan fingerprint density at radius 1 is 1.42 bits per heavy atom. The molecule has 0 aliphatic carbocycles. The molecule has 0 heterocycles. The SMILES string of the molecule is CCOC(=O)CCc1cccc(I)c1C(O)C(=O)O. The van der Waals surface area contributed by atoms with Crippen LogP contribution in [0, 0.1) is 3.57 Å². The molecule has 1 aromatic rings. The predicted molar refractivity (Wildman–Crippen MR) is 76.7 cm³/mol. The van der Waals surface area contributed by atoms with Gasteiger partial charge in [0.15, 0.2) is 6.10 Å². The molecule has 0 amide bonds. The molecule has 104 valence electrons. The molecular weight excluding hydrogens is 363 g/mol. The monoisotopic (exact) mass is 378 g/mol. The van der Waals surface area contributed by atoms with Gasteiger partial charge in [-0.05, 0) is 47.6 Å². The van der Waals surface area contributed by atoms with E-state index < -0.39 is 12.1 Å². The van der Waals surface area contributed by atoms with Crippen LogP contribution >= 0.6 is 22.6 Å². The number of ether oxygens (including phenoxy) is 1. The molecule has 1 rings (SSSR count). The first kappa shape index (κ1) is 15.9. The number of aliphatic hydroxyl groups is 1. The Balaban J connectivity index is 2.91. The van der Waals surface area contributed by atoms with Crippen molar-refractivity contribution < 1.29 is 24.5 Å². The van der Waals surface area contributed by atoms with Gasteiger partial charge in [-0.15, -0.1) is 0 Å². The third kappa shape index (κ3) is 4.46. The number of aryl methyl sites for hydroxylation is 1. The summed E-state index contributed by atoms with van der Waals surface area (Å²) in [4.78, 5) is 22.2. The van der Waals surface area contributed by atoms with Crippen LogP contribution in [-0.4, -0.2) is 28.8 Å². The van der Waals surface area contributed by atoms with Crippen LogP contribution in [-0.2, 0) is 20.7 Å². The first-order valence-electron chi connectivity index (χ1n) is 5.81. The Morgan fingerprint density at radius 3 is 2.68 bits per heavy atom. The molecule has 0 spiro atoms. The maximum absolute atomic E-state index is 11.3. The second-order valence-corrected chi connectivity index (χ2v) is 5.02. The Hall–Kier alpha value is -1.15. The molecule has 1 aromatic carbocycles. The minimum atomic E-state index is -1.58. The summed E-state index contributed by atoms with van der Waals surface area (Å²) < 4.78 is 5.48. The molecular formula is C13H15IO5. The first-order chi connectivity index (χ1) is 8.97. The van der Waals surface area contributed by atoms with Crippen molar-refractivity contribution >= 4 is 34.5 Å². The molecule has 6 heteroatoms. The van der Waals surface area contributed by atoms with E-state index in [9.17, 15) is 14.7 Å². The van der Waals surface area contributed by atoms with Crippen molar-refractivity contribution in [2.24, 2.45) is 0 Å². The second-order valence-electron chi connectivity index (χ2n) is 3.86. The molecule has 0 radical (unpaired) electrons. The van der Waals surface area contributed by atoms with Crippen molar-refractivity contribution in [3.05, 3.63) is 32.9 Å². The topological polar surface area (TPSA) is 83.8 Å². The number of hydrogen-bond acceptors (Lipinski definition) is 4. The van der Waals surface area contributed by atoms with Crippen LogP contribution in [0.4, 0.5) is 0 Å². The van der Waals surface area contributed by atoms with Gasteiger partial charge in [-0.1, -0.05) is 12.1 Å². The minimum Gasteiger partial charge on any atom is -0.479 e. The number of rotatable bonds is 6. The summed E-state index contributed by atoms with van der Waals surface area (Å²) in [6, 6.07) is 5.19. The fourth-order valence-electron chi connectivity index (χ4n) is 1.70. The highest BCUT2D eigenvalue weighted by Gasteiger charge is 2.22. The lowest BCUT2D eigenvalue weighted by Crippen LogP contribution is -2.15. The lowest BCUT2D eigenvalue weighted by molar-refractivity contribution is -0.147. The second kappa shape index (κ2) is 7.44. The molecule has 2 N–H and O–H groups in total. The standard InChI is InChI=1S/C13H15IO5/c1-2-19-10(15)7-6-8-4-3-5-9(14)11(8)12(16)13(17)18/h3-5,12,16H,2,6-7H2,1H3,(H,17,18). The summed E-state index contributed by atoms with van der Waals surface area (Å²) in [6.07, 6.45) is -1.08. The number of benzene rings is 1. The average Bonchev–Trinajstić information content (AvgIpc) is 2.36. The highest BCUT2D eigenvalue weighted by molar-refractivity contribution is 14.1. The Labute approximate surface area is 124 Å².